The Kier molecular flexibility index (Phi) is 6.67. The Labute approximate surface area is 187 Å². The highest BCUT2D eigenvalue weighted by Gasteiger charge is 2.25. The number of carbonyl (C=O) groups excluding carboxylic acids is 1. The van der Waals surface area contributed by atoms with Crippen molar-refractivity contribution in [3.05, 3.63) is 71.2 Å². The molecule has 1 saturated heterocycles. The van der Waals surface area contributed by atoms with Crippen molar-refractivity contribution >= 4 is 23.3 Å². The van der Waals surface area contributed by atoms with Crippen molar-refractivity contribution in [1.29, 1.82) is 0 Å². The van der Waals surface area contributed by atoms with Gasteiger partial charge in [0, 0.05) is 36.1 Å². The lowest BCUT2D eigenvalue weighted by atomic mass is 9.96. The van der Waals surface area contributed by atoms with Gasteiger partial charge in [-0.05, 0) is 54.8 Å². The topological polar surface area (TPSA) is 67.3 Å². The third kappa shape index (κ3) is 5.14. The molecule has 1 fully saturated rings. The Hall–Kier alpha value is -3.12. The Morgan fingerprint density at radius 1 is 1.06 bits per heavy atom. The van der Waals surface area contributed by atoms with Gasteiger partial charge in [0.2, 0.25) is 5.91 Å². The normalized spacial score (nSPS) is 14.3. The van der Waals surface area contributed by atoms with E-state index in [1.54, 1.807) is 7.11 Å². The van der Waals surface area contributed by atoms with Crippen LogP contribution in [0.4, 0.5) is 5.82 Å². The number of ether oxygens (including phenoxy) is 1. The summed E-state index contributed by atoms with van der Waals surface area (Å²) < 4.78 is 5.41. The van der Waals surface area contributed by atoms with Gasteiger partial charge >= 0.3 is 0 Å². The van der Waals surface area contributed by atoms with Crippen molar-refractivity contribution < 1.29 is 9.53 Å². The summed E-state index contributed by atoms with van der Waals surface area (Å²) in [4.78, 5) is 14.7. The number of nitrogens with zero attached hydrogens (tertiary/aromatic N) is 3. The van der Waals surface area contributed by atoms with Crippen LogP contribution in [-0.2, 0) is 11.3 Å². The van der Waals surface area contributed by atoms with Crippen LogP contribution in [0.2, 0.25) is 5.02 Å². The zero-order valence-corrected chi connectivity index (χ0v) is 18.2. The molecule has 1 amide bonds. The van der Waals surface area contributed by atoms with E-state index in [1.165, 1.54) is 0 Å². The van der Waals surface area contributed by atoms with Crippen molar-refractivity contribution in [1.82, 2.24) is 15.5 Å². The van der Waals surface area contributed by atoms with Crippen molar-refractivity contribution in [3.63, 3.8) is 0 Å². The van der Waals surface area contributed by atoms with Gasteiger partial charge in [-0.2, -0.15) is 0 Å². The van der Waals surface area contributed by atoms with Gasteiger partial charge in [-0.25, -0.2) is 0 Å². The van der Waals surface area contributed by atoms with E-state index in [2.05, 4.69) is 20.4 Å². The fourth-order valence-electron chi connectivity index (χ4n) is 3.80. The van der Waals surface area contributed by atoms with Crippen LogP contribution in [0.3, 0.4) is 0 Å². The van der Waals surface area contributed by atoms with E-state index in [9.17, 15) is 4.79 Å². The Bertz CT molecular complexity index is 1020. The first kappa shape index (κ1) is 21.1. The number of nitrogens with one attached hydrogen (secondary N) is 1. The molecule has 1 aliphatic rings. The number of hydrogen-bond donors (Lipinski definition) is 1. The maximum absolute atomic E-state index is 12.5. The number of hydrogen-bond acceptors (Lipinski definition) is 5. The van der Waals surface area contributed by atoms with E-state index >= 15 is 0 Å². The summed E-state index contributed by atoms with van der Waals surface area (Å²) in [6.45, 7) is 2.08. The van der Waals surface area contributed by atoms with Crippen LogP contribution < -0.4 is 15.0 Å². The molecule has 0 radical (unpaired) electrons. The number of carbonyl (C=O) groups is 1. The fourth-order valence-corrected chi connectivity index (χ4v) is 3.93. The molecule has 0 saturated carbocycles. The second-order valence-electron chi connectivity index (χ2n) is 7.58. The largest absolute Gasteiger partial charge is 0.496 e. The van der Waals surface area contributed by atoms with Gasteiger partial charge in [0.15, 0.2) is 5.82 Å². The minimum Gasteiger partial charge on any atom is -0.496 e. The first-order valence-corrected chi connectivity index (χ1v) is 10.8. The Balaban J connectivity index is 1.31. The summed E-state index contributed by atoms with van der Waals surface area (Å²) in [6.07, 6.45) is 1.59. The van der Waals surface area contributed by atoms with Gasteiger partial charge in [-0.15, -0.1) is 10.2 Å². The van der Waals surface area contributed by atoms with Gasteiger partial charge in [0.05, 0.1) is 12.8 Å². The van der Waals surface area contributed by atoms with Crippen LogP contribution in [0.25, 0.3) is 11.3 Å². The number of rotatable bonds is 6. The molecule has 0 atom stereocenters. The van der Waals surface area contributed by atoms with Gasteiger partial charge in [0.1, 0.15) is 5.75 Å². The molecule has 31 heavy (non-hydrogen) atoms. The lowest BCUT2D eigenvalue weighted by Crippen LogP contribution is -2.40. The van der Waals surface area contributed by atoms with Crippen molar-refractivity contribution in [2.45, 2.75) is 19.4 Å². The highest BCUT2D eigenvalue weighted by atomic mass is 35.5. The van der Waals surface area contributed by atoms with Crippen molar-refractivity contribution in [3.8, 4) is 17.0 Å². The number of methoxy groups -OCH3 is 1. The molecule has 1 aliphatic heterocycles. The SMILES string of the molecule is COc1ccccc1-c1ccc(N2CCC(C(=O)NCc3ccc(Cl)cc3)CC2)nn1. The fraction of sp³-hybridized carbons (Fsp3) is 0.292. The molecule has 0 aliphatic carbocycles. The summed E-state index contributed by atoms with van der Waals surface area (Å²) in [5.74, 6) is 1.73. The summed E-state index contributed by atoms with van der Waals surface area (Å²) in [5.41, 5.74) is 2.73. The third-order valence-electron chi connectivity index (χ3n) is 5.60. The van der Waals surface area contributed by atoms with E-state index in [-0.39, 0.29) is 11.8 Å². The summed E-state index contributed by atoms with van der Waals surface area (Å²) in [6, 6.07) is 19.2. The smallest absolute Gasteiger partial charge is 0.223 e. The van der Waals surface area contributed by atoms with Crippen LogP contribution in [-0.4, -0.2) is 36.3 Å². The molecule has 6 nitrogen and oxygen atoms in total. The Morgan fingerprint density at radius 3 is 2.48 bits per heavy atom. The van der Waals surface area contributed by atoms with E-state index in [0.717, 1.165) is 54.3 Å². The lowest BCUT2D eigenvalue weighted by Gasteiger charge is -2.31. The molecular formula is C24H25ClN4O2. The van der Waals surface area contributed by atoms with Gasteiger partial charge in [-0.3, -0.25) is 4.79 Å². The van der Waals surface area contributed by atoms with Gasteiger partial charge in [-0.1, -0.05) is 35.9 Å². The molecule has 2 aromatic carbocycles. The number of aromatic nitrogens is 2. The van der Waals surface area contributed by atoms with Crippen molar-refractivity contribution in [2.75, 3.05) is 25.1 Å². The molecule has 1 N–H and O–H groups in total. The maximum atomic E-state index is 12.5. The summed E-state index contributed by atoms with van der Waals surface area (Å²) >= 11 is 5.91. The average Bonchev–Trinajstić information content (AvgIpc) is 2.83. The highest BCUT2D eigenvalue weighted by Crippen LogP contribution is 2.29. The minimum absolute atomic E-state index is 0.0179. The predicted octanol–water partition coefficient (Wildman–Crippen LogP) is 4.34. The predicted molar refractivity (Wildman–Crippen MR) is 122 cm³/mol. The van der Waals surface area contributed by atoms with Gasteiger partial charge in [0.25, 0.3) is 0 Å². The molecule has 0 spiro atoms. The maximum Gasteiger partial charge on any atom is 0.223 e. The standard InChI is InChI=1S/C24H25ClN4O2/c1-31-22-5-3-2-4-20(22)21-10-11-23(28-27-21)29-14-12-18(13-15-29)24(30)26-16-17-6-8-19(25)9-7-17/h2-11,18H,12-16H2,1H3,(H,26,30). The number of para-hydroxylation sites is 1. The minimum atomic E-state index is 0.0179. The highest BCUT2D eigenvalue weighted by molar-refractivity contribution is 6.30. The lowest BCUT2D eigenvalue weighted by molar-refractivity contribution is -0.125. The second kappa shape index (κ2) is 9.79. The number of piperidine rings is 1. The van der Waals surface area contributed by atoms with Crippen LogP contribution >= 0.6 is 11.6 Å². The van der Waals surface area contributed by atoms with E-state index in [4.69, 9.17) is 16.3 Å². The number of benzene rings is 2. The summed E-state index contributed by atoms with van der Waals surface area (Å²) in [5, 5.41) is 12.5. The summed E-state index contributed by atoms with van der Waals surface area (Å²) in [7, 11) is 1.65. The zero-order valence-electron chi connectivity index (χ0n) is 17.4. The molecule has 7 heteroatoms. The molecule has 0 unspecified atom stereocenters. The van der Waals surface area contributed by atoms with Crippen LogP contribution in [0.5, 0.6) is 5.75 Å². The molecule has 0 bridgehead atoms. The average molecular weight is 437 g/mol. The zero-order chi connectivity index (χ0) is 21.6. The Morgan fingerprint density at radius 2 is 1.81 bits per heavy atom. The number of amides is 1. The first-order valence-electron chi connectivity index (χ1n) is 10.4. The molecular weight excluding hydrogens is 412 g/mol. The molecule has 4 rings (SSSR count). The van der Waals surface area contributed by atoms with Crippen LogP contribution in [0.1, 0.15) is 18.4 Å². The van der Waals surface area contributed by atoms with E-state index < -0.39 is 0 Å². The quantitative estimate of drug-likeness (QED) is 0.622. The van der Waals surface area contributed by atoms with Crippen molar-refractivity contribution in [2.24, 2.45) is 5.92 Å². The van der Waals surface area contributed by atoms with Gasteiger partial charge < -0.3 is 15.0 Å². The monoisotopic (exact) mass is 436 g/mol. The van der Waals surface area contributed by atoms with E-state index in [1.807, 2.05) is 60.7 Å². The number of halogens is 1. The molecule has 160 valence electrons. The first-order chi connectivity index (χ1) is 15.1. The van der Waals surface area contributed by atoms with Crippen LogP contribution in [0, 0.1) is 5.92 Å². The molecule has 3 aromatic rings. The van der Waals surface area contributed by atoms with Crippen LogP contribution in [0.15, 0.2) is 60.7 Å². The number of anilines is 1. The molecule has 1 aromatic heterocycles. The molecule has 2 heterocycles. The van der Waals surface area contributed by atoms with E-state index in [0.29, 0.717) is 11.6 Å². The second-order valence-corrected chi connectivity index (χ2v) is 8.02. The third-order valence-corrected chi connectivity index (χ3v) is 5.86.